The van der Waals surface area contributed by atoms with Crippen molar-refractivity contribution in [3.63, 3.8) is 0 Å². The fourth-order valence-electron chi connectivity index (χ4n) is 4.32. The average Bonchev–Trinajstić information content (AvgIpc) is 2.53. The third kappa shape index (κ3) is 3.39. The normalized spacial score (nSPS) is 23.9. The minimum atomic E-state index is -0.861. The molecule has 25 heavy (non-hydrogen) atoms. The van der Waals surface area contributed by atoms with E-state index in [2.05, 4.69) is 20.8 Å². The number of hydrogen-bond donors (Lipinski definition) is 2. The molecule has 3 rings (SSSR count). The summed E-state index contributed by atoms with van der Waals surface area (Å²) in [6.45, 7) is 6.30. The van der Waals surface area contributed by atoms with Gasteiger partial charge in [0.25, 0.3) is 0 Å². The van der Waals surface area contributed by atoms with Crippen molar-refractivity contribution < 1.29 is 19.7 Å². The van der Waals surface area contributed by atoms with Crippen molar-refractivity contribution in [2.24, 2.45) is 5.92 Å². The number of allylic oxidation sites excluding steroid dienone is 1. The van der Waals surface area contributed by atoms with Crippen LogP contribution in [0.4, 0.5) is 0 Å². The van der Waals surface area contributed by atoms with E-state index in [4.69, 9.17) is 4.74 Å². The van der Waals surface area contributed by atoms with Gasteiger partial charge in [0.1, 0.15) is 17.1 Å². The molecule has 0 spiro atoms. The number of fused-ring (bicyclic) bond motifs is 3. The highest BCUT2D eigenvalue weighted by molar-refractivity contribution is 5.87. The van der Waals surface area contributed by atoms with Crippen LogP contribution >= 0.6 is 0 Å². The number of benzene rings is 1. The number of carboxylic acid groups (broad SMARTS) is 1. The first-order valence-electron chi connectivity index (χ1n) is 9.32. The van der Waals surface area contributed by atoms with E-state index in [1.807, 2.05) is 18.2 Å². The summed E-state index contributed by atoms with van der Waals surface area (Å²) < 4.78 is 6.28. The molecule has 1 aliphatic heterocycles. The molecule has 4 heteroatoms. The highest BCUT2D eigenvalue weighted by Gasteiger charge is 2.46. The quantitative estimate of drug-likeness (QED) is 0.753. The molecule has 0 aromatic heterocycles. The SMILES string of the molecule is CCCCCc1cc(O)c2c(c1)OC(C)(C)[C@H]1CCC(C(=O)O)=CC21. The van der Waals surface area contributed by atoms with Gasteiger partial charge in [-0.1, -0.05) is 25.8 Å². The lowest BCUT2D eigenvalue weighted by atomic mass is 9.67. The van der Waals surface area contributed by atoms with Crippen molar-refractivity contribution in [2.75, 3.05) is 0 Å². The molecular weight excluding hydrogens is 316 g/mol. The molecule has 1 aliphatic carbocycles. The minimum Gasteiger partial charge on any atom is -0.507 e. The van der Waals surface area contributed by atoms with Gasteiger partial charge in [-0.15, -0.1) is 0 Å². The van der Waals surface area contributed by atoms with E-state index in [0.29, 0.717) is 17.7 Å². The molecule has 0 bridgehead atoms. The molecule has 1 heterocycles. The zero-order chi connectivity index (χ0) is 18.2. The van der Waals surface area contributed by atoms with Crippen LogP contribution in [0.1, 0.15) is 69.9 Å². The van der Waals surface area contributed by atoms with Gasteiger partial charge in [0, 0.05) is 23.0 Å². The highest BCUT2D eigenvalue weighted by Crippen LogP contribution is 2.53. The average molecular weight is 344 g/mol. The molecule has 0 fully saturated rings. The predicted octanol–water partition coefficient (Wildman–Crippen LogP) is 4.80. The molecule has 2 atom stereocenters. The first-order chi connectivity index (χ1) is 11.8. The van der Waals surface area contributed by atoms with Crippen molar-refractivity contribution in [1.29, 1.82) is 0 Å². The number of aliphatic carboxylic acids is 1. The summed E-state index contributed by atoms with van der Waals surface area (Å²) in [5.74, 6) is 0.140. The number of phenols is 1. The largest absolute Gasteiger partial charge is 0.507 e. The molecule has 1 unspecified atom stereocenters. The topological polar surface area (TPSA) is 66.8 Å². The van der Waals surface area contributed by atoms with Crippen molar-refractivity contribution in [3.8, 4) is 11.5 Å². The van der Waals surface area contributed by atoms with Crippen LogP contribution in [0.25, 0.3) is 0 Å². The molecule has 136 valence electrons. The van der Waals surface area contributed by atoms with Gasteiger partial charge in [0.2, 0.25) is 0 Å². The van der Waals surface area contributed by atoms with Crippen molar-refractivity contribution in [1.82, 2.24) is 0 Å². The van der Waals surface area contributed by atoms with E-state index < -0.39 is 5.97 Å². The smallest absolute Gasteiger partial charge is 0.331 e. The van der Waals surface area contributed by atoms with E-state index in [-0.39, 0.29) is 23.2 Å². The maximum absolute atomic E-state index is 11.4. The van der Waals surface area contributed by atoms with Gasteiger partial charge >= 0.3 is 5.97 Å². The Hall–Kier alpha value is -1.97. The minimum absolute atomic E-state index is 0.108. The van der Waals surface area contributed by atoms with Crippen LogP contribution in [0.5, 0.6) is 11.5 Å². The first-order valence-corrected chi connectivity index (χ1v) is 9.32. The fraction of sp³-hybridized carbons (Fsp3) is 0.571. The number of carboxylic acids is 1. The van der Waals surface area contributed by atoms with Gasteiger partial charge in [0.15, 0.2) is 0 Å². The molecule has 0 amide bonds. The van der Waals surface area contributed by atoms with Crippen molar-refractivity contribution in [3.05, 3.63) is 34.9 Å². The second-order valence-corrected chi connectivity index (χ2v) is 7.86. The number of aryl methyl sites for hydroxylation is 1. The summed E-state index contributed by atoms with van der Waals surface area (Å²) in [5.41, 5.74) is 1.89. The Bertz CT molecular complexity index is 702. The summed E-state index contributed by atoms with van der Waals surface area (Å²) in [6, 6.07) is 3.86. The predicted molar refractivity (Wildman–Crippen MR) is 97.2 cm³/mol. The Morgan fingerprint density at radius 3 is 2.76 bits per heavy atom. The number of ether oxygens (including phenoxy) is 1. The lowest BCUT2D eigenvalue weighted by molar-refractivity contribution is -0.133. The molecule has 2 N–H and O–H groups in total. The second kappa shape index (κ2) is 6.74. The standard InChI is InChI=1S/C21H28O4/c1-4-5-6-7-13-10-17(22)19-15-12-14(20(23)24)8-9-16(15)21(2,3)25-18(19)11-13/h10-12,15-16,22H,4-9H2,1-3H3,(H,23,24)/t15?,16-/m0/s1. The van der Waals surface area contributed by atoms with Gasteiger partial charge < -0.3 is 14.9 Å². The van der Waals surface area contributed by atoms with Gasteiger partial charge in [0.05, 0.1) is 0 Å². The molecular formula is C21H28O4. The third-order valence-electron chi connectivity index (χ3n) is 5.66. The van der Waals surface area contributed by atoms with Crippen LogP contribution in [0.3, 0.4) is 0 Å². The van der Waals surface area contributed by atoms with E-state index in [9.17, 15) is 15.0 Å². The molecule has 0 saturated carbocycles. The van der Waals surface area contributed by atoms with Crippen LogP contribution in [-0.2, 0) is 11.2 Å². The lowest BCUT2D eigenvalue weighted by Gasteiger charge is -2.46. The molecule has 0 radical (unpaired) electrons. The lowest BCUT2D eigenvalue weighted by Crippen LogP contribution is -2.45. The number of hydrogen-bond acceptors (Lipinski definition) is 3. The third-order valence-corrected chi connectivity index (χ3v) is 5.66. The van der Waals surface area contributed by atoms with Gasteiger partial charge in [-0.25, -0.2) is 4.79 Å². The number of phenolic OH excluding ortho intramolecular Hbond substituents is 1. The summed E-state index contributed by atoms with van der Waals surface area (Å²) in [4.78, 5) is 11.4. The maximum Gasteiger partial charge on any atom is 0.331 e. The van der Waals surface area contributed by atoms with Crippen LogP contribution in [0.2, 0.25) is 0 Å². The molecule has 1 aromatic rings. The zero-order valence-electron chi connectivity index (χ0n) is 15.3. The summed E-state index contributed by atoms with van der Waals surface area (Å²) >= 11 is 0. The number of aromatic hydroxyl groups is 1. The fourth-order valence-corrected chi connectivity index (χ4v) is 4.32. The Kier molecular flexibility index (Phi) is 4.81. The van der Waals surface area contributed by atoms with Crippen molar-refractivity contribution >= 4 is 5.97 Å². The highest BCUT2D eigenvalue weighted by atomic mass is 16.5. The van der Waals surface area contributed by atoms with E-state index in [1.165, 1.54) is 6.42 Å². The van der Waals surface area contributed by atoms with Crippen molar-refractivity contribution in [2.45, 2.75) is 70.8 Å². The Morgan fingerprint density at radius 2 is 2.08 bits per heavy atom. The van der Waals surface area contributed by atoms with Crippen LogP contribution in [-0.4, -0.2) is 21.8 Å². The summed E-state index contributed by atoms with van der Waals surface area (Å²) in [6.07, 6.45) is 7.47. The van der Waals surface area contributed by atoms with Crippen LogP contribution in [0.15, 0.2) is 23.8 Å². The molecule has 0 saturated heterocycles. The number of unbranched alkanes of at least 4 members (excludes halogenated alkanes) is 2. The number of rotatable bonds is 5. The van der Waals surface area contributed by atoms with Gasteiger partial charge in [-0.3, -0.25) is 0 Å². The summed E-state index contributed by atoms with van der Waals surface area (Å²) in [7, 11) is 0. The molecule has 2 aliphatic rings. The molecule has 1 aromatic carbocycles. The molecule has 4 nitrogen and oxygen atoms in total. The van der Waals surface area contributed by atoms with Gasteiger partial charge in [-0.2, -0.15) is 0 Å². The Morgan fingerprint density at radius 1 is 1.32 bits per heavy atom. The maximum atomic E-state index is 11.4. The first kappa shape index (κ1) is 17.8. The Balaban J connectivity index is 2.02. The van der Waals surface area contributed by atoms with Crippen LogP contribution in [0, 0.1) is 5.92 Å². The number of carbonyl (C=O) groups is 1. The van der Waals surface area contributed by atoms with Gasteiger partial charge in [-0.05, 0) is 57.2 Å². The Labute approximate surface area is 149 Å². The monoisotopic (exact) mass is 344 g/mol. The van der Waals surface area contributed by atoms with E-state index >= 15 is 0 Å². The van der Waals surface area contributed by atoms with E-state index in [1.54, 1.807) is 0 Å². The second-order valence-electron chi connectivity index (χ2n) is 7.86. The van der Waals surface area contributed by atoms with E-state index in [0.717, 1.165) is 36.8 Å². The zero-order valence-corrected chi connectivity index (χ0v) is 15.3. The van der Waals surface area contributed by atoms with Crippen LogP contribution < -0.4 is 4.74 Å². The summed E-state index contributed by atoms with van der Waals surface area (Å²) in [5, 5.41) is 20.0.